The Morgan fingerprint density at radius 3 is 2.88 bits per heavy atom. The van der Waals surface area contributed by atoms with Gasteiger partial charge in [-0.3, -0.25) is 4.90 Å². The second-order valence-corrected chi connectivity index (χ2v) is 6.85. The normalized spacial score (nSPS) is 18.1. The Morgan fingerprint density at radius 1 is 1.28 bits per heavy atom. The number of benzene rings is 2. The molecule has 2 aromatic carbocycles. The van der Waals surface area contributed by atoms with Gasteiger partial charge >= 0.3 is 5.97 Å². The maximum Gasteiger partial charge on any atom is 0.341 e. The molecule has 2 aromatic rings. The second kappa shape index (κ2) is 8.56. The van der Waals surface area contributed by atoms with Crippen molar-refractivity contribution in [3.63, 3.8) is 0 Å². The number of esters is 1. The van der Waals surface area contributed by atoms with E-state index in [0.717, 1.165) is 13.1 Å². The molecule has 0 aliphatic carbocycles. The average Bonchev–Trinajstić information content (AvgIpc) is 2.63. The number of carbonyl (C=O) groups is 1. The standard InChI is InChI=1S/C19H19BrFNO3/c20-15-6-7-18(21)17(10-15)19(23)25-13-16-12-22(8-9-24-16)11-14-4-2-1-3-5-14/h1-7,10,16H,8-9,11-13H2. The molecule has 1 atom stereocenters. The summed E-state index contributed by atoms with van der Waals surface area (Å²) in [6.07, 6.45) is -0.211. The summed E-state index contributed by atoms with van der Waals surface area (Å²) in [5, 5.41) is 0. The average molecular weight is 408 g/mol. The zero-order chi connectivity index (χ0) is 17.6. The molecule has 4 nitrogen and oxygen atoms in total. The molecule has 1 heterocycles. The van der Waals surface area contributed by atoms with E-state index in [9.17, 15) is 9.18 Å². The highest BCUT2D eigenvalue weighted by Crippen LogP contribution is 2.17. The van der Waals surface area contributed by atoms with Gasteiger partial charge in [-0.2, -0.15) is 0 Å². The van der Waals surface area contributed by atoms with Crippen molar-refractivity contribution in [3.05, 3.63) is 69.9 Å². The molecular weight excluding hydrogens is 389 g/mol. The van der Waals surface area contributed by atoms with Crippen LogP contribution < -0.4 is 0 Å². The summed E-state index contributed by atoms with van der Waals surface area (Å²) < 4.78 is 25.3. The van der Waals surface area contributed by atoms with E-state index in [0.29, 0.717) is 17.6 Å². The number of ether oxygens (including phenoxy) is 2. The fraction of sp³-hybridized carbons (Fsp3) is 0.316. The quantitative estimate of drug-likeness (QED) is 0.709. The van der Waals surface area contributed by atoms with Gasteiger partial charge in [0.2, 0.25) is 0 Å². The minimum absolute atomic E-state index is 0.0775. The summed E-state index contributed by atoms with van der Waals surface area (Å²) >= 11 is 3.23. The molecule has 1 fully saturated rings. The van der Waals surface area contributed by atoms with E-state index in [1.807, 2.05) is 18.2 Å². The van der Waals surface area contributed by atoms with Crippen LogP contribution in [0.15, 0.2) is 53.0 Å². The van der Waals surface area contributed by atoms with Crippen molar-refractivity contribution in [1.82, 2.24) is 4.90 Å². The molecule has 1 aliphatic rings. The van der Waals surface area contributed by atoms with Crippen LogP contribution in [-0.2, 0) is 16.0 Å². The molecular formula is C19H19BrFNO3. The van der Waals surface area contributed by atoms with Crippen LogP contribution in [0.3, 0.4) is 0 Å². The zero-order valence-electron chi connectivity index (χ0n) is 13.7. The Labute approximate surface area is 154 Å². The smallest absolute Gasteiger partial charge is 0.341 e. The lowest BCUT2D eigenvalue weighted by Crippen LogP contribution is -2.44. The molecule has 0 radical (unpaired) electrons. The molecule has 3 rings (SSSR count). The minimum atomic E-state index is -0.678. The highest BCUT2D eigenvalue weighted by molar-refractivity contribution is 9.10. The number of nitrogens with zero attached hydrogens (tertiary/aromatic N) is 1. The summed E-state index contributed by atoms with van der Waals surface area (Å²) in [6.45, 7) is 3.02. The highest BCUT2D eigenvalue weighted by atomic mass is 79.9. The first-order valence-corrected chi connectivity index (χ1v) is 8.91. The monoisotopic (exact) mass is 407 g/mol. The van der Waals surface area contributed by atoms with Gasteiger partial charge in [0.15, 0.2) is 0 Å². The number of carbonyl (C=O) groups excluding carboxylic acids is 1. The van der Waals surface area contributed by atoms with Crippen LogP contribution in [0, 0.1) is 5.82 Å². The molecule has 0 spiro atoms. The van der Waals surface area contributed by atoms with Gasteiger partial charge in [-0.1, -0.05) is 46.3 Å². The maximum atomic E-state index is 13.7. The Bertz CT molecular complexity index is 726. The maximum absolute atomic E-state index is 13.7. The predicted molar refractivity (Wildman–Crippen MR) is 95.8 cm³/mol. The van der Waals surface area contributed by atoms with Gasteiger partial charge in [-0.15, -0.1) is 0 Å². The van der Waals surface area contributed by atoms with Gasteiger partial charge < -0.3 is 9.47 Å². The Morgan fingerprint density at radius 2 is 2.08 bits per heavy atom. The predicted octanol–water partition coefficient (Wildman–Crippen LogP) is 3.65. The topological polar surface area (TPSA) is 38.8 Å². The number of hydrogen-bond donors (Lipinski definition) is 0. The van der Waals surface area contributed by atoms with E-state index in [-0.39, 0.29) is 18.3 Å². The third-order valence-corrected chi connectivity index (χ3v) is 4.51. The van der Waals surface area contributed by atoms with Gasteiger partial charge in [0.05, 0.1) is 12.2 Å². The summed E-state index contributed by atoms with van der Waals surface area (Å²) in [5.74, 6) is -1.27. The van der Waals surface area contributed by atoms with Crippen LogP contribution in [0.25, 0.3) is 0 Å². The lowest BCUT2D eigenvalue weighted by Gasteiger charge is -2.32. The SMILES string of the molecule is O=C(OCC1CN(Cc2ccccc2)CCO1)c1cc(Br)ccc1F. The summed E-state index contributed by atoms with van der Waals surface area (Å²) in [4.78, 5) is 14.3. The number of hydrogen-bond acceptors (Lipinski definition) is 4. The molecule has 1 saturated heterocycles. The first-order chi connectivity index (χ1) is 12.1. The summed E-state index contributed by atoms with van der Waals surface area (Å²) in [6, 6.07) is 14.4. The molecule has 0 amide bonds. The van der Waals surface area contributed by atoms with E-state index in [2.05, 4.69) is 33.0 Å². The lowest BCUT2D eigenvalue weighted by molar-refractivity contribution is -0.0613. The van der Waals surface area contributed by atoms with Gasteiger partial charge in [-0.25, -0.2) is 9.18 Å². The molecule has 0 saturated carbocycles. The highest BCUT2D eigenvalue weighted by Gasteiger charge is 2.23. The lowest BCUT2D eigenvalue weighted by atomic mass is 10.2. The third-order valence-electron chi connectivity index (χ3n) is 4.02. The van der Waals surface area contributed by atoms with Crippen molar-refractivity contribution >= 4 is 21.9 Å². The minimum Gasteiger partial charge on any atom is -0.459 e. The Kier molecular flexibility index (Phi) is 6.18. The van der Waals surface area contributed by atoms with Crippen LogP contribution in [-0.4, -0.2) is 43.3 Å². The fourth-order valence-electron chi connectivity index (χ4n) is 2.77. The van der Waals surface area contributed by atoms with Crippen LogP contribution in [0.1, 0.15) is 15.9 Å². The first kappa shape index (κ1) is 18.0. The molecule has 0 bridgehead atoms. The van der Waals surface area contributed by atoms with Crippen LogP contribution in [0.2, 0.25) is 0 Å². The first-order valence-electron chi connectivity index (χ1n) is 8.12. The van der Waals surface area contributed by atoms with Crippen molar-refractivity contribution in [2.45, 2.75) is 12.6 Å². The molecule has 25 heavy (non-hydrogen) atoms. The molecule has 1 unspecified atom stereocenters. The Hall–Kier alpha value is -1.76. The summed E-state index contributed by atoms with van der Waals surface area (Å²) in [7, 11) is 0. The van der Waals surface area contributed by atoms with Gasteiger partial charge in [-0.05, 0) is 23.8 Å². The van der Waals surface area contributed by atoms with E-state index in [1.165, 1.54) is 23.8 Å². The van der Waals surface area contributed by atoms with Crippen LogP contribution >= 0.6 is 15.9 Å². The van der Waals surface area contributed by atoms with E-state index >= 15 is 0 Å². The van der Waals surface area contributed by atoms with E-state index in [1.54, 1.807) is 0 Å². The number of rotatable bonds is 5. The van der Waals surface area contributed by atoms with E-state index in [4.69, 9.17) is 9.47 Å². The molecule has 0 N–H and O–H groups in total. The summed E-state index contributed by atoms with van der Waals surface area (Å²) in [5.41, 5.74) is 1.16. The number of morpholine rings is 1. The number of halogens is 2. The second-order valence-electron chi connectivity index (χ2n) is 5.94. The molecule has 132 valence electrons. The van der Waals surface area contributed by atoms with Crippen molar-refractivity contribution in [2.24, 2.45) is 0 Å². The van der Waals surface area contributed by atoms with Crippen molar-refractivity contribution in [2.75, 3.05) is 26.3 Å². The van der Waals surface area contributed by atoms with E-state index < -0.39 is 11.8 Å². The zero-order valence-corrected chi connectivity index (χ0v) is 15.2. The van der Waals surface area contributed by atoms with Crippen molar-refractivity contribution < 1.29 is 18.7 Å². The molecule has 6 heteroatoms. The third kappa shape index (κ3) is 5.11. The molecule has 1 aliphatic heterocycles. The van der Waals surface area contributed by atoms with Gasteiger partial charge in [0, 0.05) is 24.1 Å². The van der Waals surface area contributed by atoms with Crippen molar-refractivity contribution in [1.29, 1.82) is 0 Å². The van der Waals surface area contributed by atoms with Gasteiger partial charge in [0.25, 0.3) is 0 Å². The fourth-order valence-corrected chi connectivity index (χ4v) is 3.13. The van der Waals surface area contributed by atoms with Crippen LogP contribution in [0.4, 0.5) is 4.39 Å². The molecule has 0 aromatic heterocycles. The van der Waals surface area contributed by atoms with Crippen LogP contribution in [0.5, 0.6) is 0 Å². The van der Waals surface area contributed by atoms with Crippen molar-refractivity contribution in [3.8, 4) is 0 Å². The Balaban J connectivity index is 1.52. The van der Waals surface area contributed by atoms with Gasteiger partial charge in [0.1, 0.15) is 18.5 Å². The largest absolute Gasteiger partial charge is 0.459 e.